The van der Waals surface area contributed by atoms with Gasteiger partial charge in [-0.15, -0.1) is 0 Å². The van der Waals surface area contributed by atoms with Gasteiger partial charge in [0.1, 0.15) is 5.60 Å². The molecule has 31 heavy (non-hydrogen) atoms. The van der Waals surface area contributed by atoms with E-state index < -0.39 is 29.6 Å². The number of aliphatic carboxylic acids is 1. The van der Waals surface area contributed by atoms with Crippen molar-refractivity contribution in [2.75, 3.05) is 0 Å². The molecule has 2 atom stereocenters. The van der Waals surface area contributed by atoms with Crippen molar-refractivity contribution in [2.45, 2.75) is 58.1 Å². The van der Waals surface area contributed by atoms with E-state index in [0.717, 1.165) is 11.3 Å². The van der Waals surface area contributed by atoms with Gasteiger partial charge in [-0.1, -0.05) is 36.4 Å². The number of carboxylic acid groups (broad SMARTS) is 1. The van der Waals surface area contributed by atoms with Gasteiger partial charge in [0.15, 0.2) is 5.78 Å². The molecule has 0 saturated carbocycles. The molecule has 7 heteroatoms. The predicted octanol–water partition coefficient (Wildman–Crippen LogP) is 3.81. The Bertz CT molecular complexity index is 863. The fraction of sp³-hybridized carbons (Fsp3) is 0.417. The van der Waals surface area contributed by atoms with Crippen LogP contribution in [-0.2, 0) is 27.2 Å². The number of benzene rings is 1. The zero-order chi connectivity index (χ0) is 22.9. The Morgan fingerprint density at radius 1 is 1.06 bits per heavy atom. The Balaban J connectivity index is 2.09. The molecule has 0 bridgehead atoms. The topological polar surface area (TPSA) is 106 Å². The lowest BCUT2D eigenvalue weighted by Crippen LogP contribution is -2.45. The van der Waals surface area contributed by atoms with E-state index >= 15 is 0 Å². The summed E-state index contributed by atoms with van der Waals surface area (Å²) in [4.78, 5) is 41.3. The monoisotopic (exact) mass is 426 g/mol. The maximum atomic E-state index is 13.0. The molecule has 166 valence electrons. The number of hydrogen-bond acceptors (Lipinski definition) is 5. The molecule has 7 nitrogen and oxygen atoms in total. The molecule has 0 aliphatic carbocycles. The summed E-state index contributed by atoms with van der Waals surface area (Å²) in [6.45, 7) is 5.20. The summed E-state index contributed by atoms with van der Waals surface area (Å²) in [5.74, 6) is -2.25. The first-order valence-electron chi connectivity index (χ1n) is 10.3. The van der Waals surface area contributed by atoms with E-state index in [9.17, 15) is 19.5 Å². The van der Waals surface area contributed by atoms with E-state index in [-0.39, 0.29) is 25.0 Å². The van der Waals surface area contributed by atoms with Crippen molar-refractivity contribution in [3.05, 3.63) is 66.0 Å². The van der Waals surface area contributed by atoms with Gasteiger partial charge >= 0.3 is 12.1 Å². The highest BCUT2D eigenvalue weighted by molar-refractivity contribution is 5.90. The molecule has 2 rings (SSSR count). The molecule has 0 fully saturated rings. The molecule has 0 unspecified atom stereocenters. The molecule has 1 heterocycles. The lowest BCUT2D eigenvalue weighted by atomic mass is 9.91. The van der Waals surface area contributed by atoms with Gasteiger partial charge in [-0.3, -0.25) is 14.6 Å². The average Bonchev–Trinajstić information content (AvgIpc) is 2.70. The molecule has 0 aliphatic heterocycles. The van der Waals surface area contributed by atoms with Crippen LogP contribution in [0, 0.1) is 5.92 Å². The van der Waals surface area contributed by atoms with Crippen molar-refractivity contribution >= 4 is 17.8 Å². The molecule has 2 N–H and O–H groups in total. The van der Waals surface area contributed by atoms with E-state index in [0.29, 0.717) is 6.42 Å². The maximum absolute atomic E-state index is 13.0. The summed E-state index contributed by atoms with van der Waals surface area (Å²) >= 11 is 0. The Hall–Kier alpha value is -3.22. The van der Waals surface area contributed by atoms with Crippen molar-refractivity contribution in [2.24, 2.45) is 5.92 Å². The number of ketones is 1. The Kier molecular flexibility index (Phi) is 8.73. The number of carbonyl (C=O) groups excluding carboxylic acids is 2. The highest BCUT2D eigenvalue weighted by Gasteiger charge is 2.29. The average molecular weight is 427 g/mol. The van der Waals surface area contributed by atoms with E-state index in [1.54, 1.807) is 33.0 Å². The molecule has 0 aliphatic rings. The largest absolute Gasteiger partial charge is 0.481 e. The number of carboxylic acids is 1. The number of nitrogens with one attached hydrogen (secondary N) is 1. The second kappa shape index (κ2) is 11.2. The Morgan fingerprint density at radius 3 is 2.32 bits per heavy atom. The summed E-state index contributed by atoms with van der Waals surface area (Å²) < 4.78 is 5.29. The lowest BCUT2D eigenvalue weighted by molar-refractivity contribution is -0.144. The van der Waals surface area contributed by atoms with Crippen LogP contribution in [0.3, 0.4) is 0 Å². The number of pyridine rings is 1. The molecular weight excluding hydrogens is 396 g/mol. The number of ether oxygens (including phenoxy) is 1. The third-order valence-corrected chi connectivity index (χ3v) is 4.63. The van der Waals surface area contributed by atoms with Crippen LogP contribution < -0.4 is 5.32 Å². The van der Waals surface area contributed by atoms with E-state index in [4.69, 9.17) is 4.74 Å². The number of rotatable bonds is 10. The maximum Gasteiger partial charge on any atom is 0.408 e. The zero-order valence-corrected chi connectivity index (χ0v) is 18.2. The highest BCUT2D eigenvalue weighted by atomic mass is 16.6. The molecule has 2 aromatic rings. The van der Waals surface area contributed by atoms with Crippen molar-refractivity contribution < 1.29 is 24.2 Å². The van der Waals surface area contributed by atoms with Crippen molar-refractivity contribution in [1.29, 1.82) is 0 Å². The Morgan fingerprint density at radius 2 is 1.74 bits per heavy atom. The minimum Gasteiger partial charge on any atom is -0.481 e. The van der Waals surface area contributed by atoms with Crippen LogP contribution in [0.1, 0.15) is 44.9 Å². The highest BCUT2D eigenvalue weighted by Crippen LogP contribution is 2.17. The Labute approximate surface area is 182 Å². The van der Waals surface area contributed by atoms with Crippen LogP contribution in [0.15, 0.2) is 54.7 Å². The number of aromatic nitrogens is 1. The molecular formula is C24H30N2O5. The summed E-state index contributed by atoms with van der Waals surface area (Å²) in [5.41, 5.74) is 0.919. The van der Waals surface area contributed by atoms with Crippen LogP contribution in [0.25, 0.3) is 0 Å². The van der Waals surface area contributed by atoms with Gasteiger partial charge in [-0.25, -0.2) is 4.79 Å². The van der Waals surface area contributed by atoms with Gasteiger partial charge in [0.2, 0.25) is 0 Å². The quantitative estimate of drug-likeness (QED) is 0.598. The molecule has 1 aromatic carbocycles. The first-order chi connectivity index (χ1) is 14.6. The third kappa shape index (κ3) is 8.99. The van der Waals surface area contributed by atoms with Crippen LogP contribution in [0.4, 0.5) is 4.79 Å². The lowest BCUT2D eigenvalue weighted by Gasteiger charge is -2.24. The minimum absolute atomic E-state index is 0.185. The number of carbonyl (C=O) groups is 3. The van der Waals surface area contributed by atoms with Crippen LogP contribution >= 0.6 is 0 Å². The minimum atomic E-state index is -1.04. The van der Waals surface area contributed by atoms with Crippen LogP contribution in [0.5, 0.6) is 0 Å². The van der Waals surface area contributed by atoms with E-state index in [1.165, 1.54) is 0 Å². The molecule has 1 amide bonds. The van der Waals surface area contributed by atoms with Gasteiger partial charge in [-0.05, 0) is 57.7 Å². The fourth-order valence-electron chi connectivity index (χ4n) is 3.11. The summed E-state index contributed by atoms with van der Waals surface area (Å²) in [5, 5.41) is 12.2. The fourth-order valence-corrected chi connectivity index (χ4v) is 3.11. The number of alkyl carbamates (subject to hydrolysis) is 1. The third-order valence-electron chi connectivity index (χ3n) is 4.63. The molecule has 1 aromatic heterocycles. The normalized spacial score (nSPS) is 13.1. The van der Waals surface area contributed by atoms with Gasteiger partial charge in [-0.2, -0.15) is 0 Å². The standard InChI is InChI=1S/C24H30N2O5/c1-24(2,3)31-23(30)26-20(15-17-9-5-4-6-10-17)21(27)16-18(22(28)29)12-13-19-11-7-8-14-25-19/h4-11,14,18,20H,12-13,15-16H2,1-3H3,(H,26,30)(H,28,29)/t18-,20-/m1/s1. The second-order valence-corrected chi connectivity index (χ2v) is 8.45. The van der Waals surface area contributed by atoms with Crippen molar-refractivity contribution in [3.8, 4) is 0 Å². The van der Waals surface area contributed by atoms with Crippen molar-refractivity contribution in [3.63, 3.8) is 0 Å². The van der Waals surface area contributed by atoms with Crippen molar-refractivity contribution in [1.82, 2.24) is 10.3 Å². The molecule has 0 spiro atoms. The predicted molar refractivity (Wildman–Crippen MR) is 117 cm³/mol. The smallest absolute Gasteiger partial charge is 0.408 e. The summed E-state index contributed by atoms with van der Waals surface area (Å²) in [6.07, 6.45) is 1.75. The van der Waals surface area contributed by atoms with Gasteiger partial charge in [0.05, 0.1) is 12.0 Å². The number of hydrogen-bond donors (Lipinski definition) is 2. The first-order valence-corrected chi connectivity index (χ1v) is 10.3. The summed E-state index contributed by atoms with van der Waals surface area (Å²) in [7, 11) is 0. The molecule has 0 radical (unpaired) electrons. The number of Topliss-reactive ketones (excluding diaryl/α,β-unsaturated/α-hetero) is 1. The van der Waals surface area contributed by atoms with Crippen LogP contribution in [-0.4, -0.2) is 39.6 Å². The van der Waals surface area contributed by atoms with E-state index in [1.807, 2.05) is 42.5 Å². The van der Waals surface area contributed by atoms with Crippen LogP contribution in [0.2, 0.25) is 0 Å². The zero-order valence-electron chi connectivity index (χ0n) is 18.2. The number of nitrogens with zero attached hydrogens (tertiary/aromatic N) is 1. The molecule has 0 saturated heterocycles. The summed E-state index contributed by atoms with van der Waals surface area (Å²) in [6, 6.07) is 13.8. The SMILES string of the molecule is CC(C)(C)OC(=O)N[C@H](Cc1ccccc1)C(=O)C[C@@H](CCc1ccccn1)C(=O)O. The van der Waals surface area contributed by atoms with Gasteiger partial charge < -0.3 is 15.2 Å². The number of aryl methyl sites for hydroxylation is 1. The number of amides is 1. The van der Waals surface area contributed by atoms with Gasteiger partial charge in [0, 0.05) is 18.3 Å². The second-order valence-electron chi connectivity index (χ2n) is 8.45. The first kappa shape index (κ1) is 24.1. The van der Waals surface area contributed by atoms with E-state index in [2.05, 4.69) is 10.3 Å². The van der Waals surface area contributed by atoms with Gasteiger partial charge in [0.25, 0.3) is 0 Å².